The van der Waals surface area contributed by atoms with Gasteiger partial charge in [0, 0.05) is 12.1 Å². The Bertz CT molecular complexity index is 493. The topological polar surface area (TPSA) is 87.7 Å². The summed E-state index contributed by atoms with van der Waals surface area (Å²) in [6, 6.07) is 2.97. The molecule has 0 aliphatic heterocycles. The van der Waals surface area contributed by atoms with Gasteiger partial charge in [0.1, 0.15) is 11.6 Å². The third kappa shape index (κ3) is 4.51. The molecule has 0 saturated carbocycles. The number of aliphatic hydroxyl groups is 1. The second kappa shape index (κ2) is 7.44. The number of imide groups is 1. The molecule has 1 aromatic carbocycles. The Kier molecular flexibility index (Phi) is 5.92. The zero-order valence-corrected chi connectivity index (χ0v) is 11.3. The van der Waals surface area contributed by atoms with Crippen LogP contribution >= 0.6 is 0 Å². The maximum absolute atomic E-state index is 13.0. The Labute approximate surface area is 115 Å². The van der Waals surface area contributed by atoms with Crippen LogP contribution in [0.3, 0.4) is 0 Å². The van der Waals surface area contributed by atoms with Crippen molar-refractivity contribution in [2.75, 3.05) is 6.54 Å². The van der Waals surface area contributed by atoms with Crippen LogP contribution in [0.5, 0.6) is 5.75 Å². The van der Waals surface area contributed by atoms with Crippen LogP contribution in [-0.2, 0) is 11.4 Å². The zero-order valence-electron chi connectivity index (χ0n) is 11.3. The molecule has 6 nitrogen and oxygen atoms in total. The summed E-state index contributed by atoms with van der Waals surface area (Å²) in [6.45, 7) is 3.13. The van der Waals surface area contributed by atoms with E-state index < -0.39 is 30.5 Å². The number of nitrogens with one attached hydrogen (secondary N) is 2. The maximum Gasteiger partial charge on any atom is 0.321 e. The summed E-state index contributed by atoms with van der Waals surface area (Å²) in [4.78, 5) is 22.9. The van der Waals surface area contributed by atoms with E-state index in [0.29, 0.717) is 6.54 Å². The van der Waals surface area contributed by atoms with E-state index in [1.807, 2.05) is 0 Å². The first-order chi connectivity index (χ1) is 9.47. The fourth-order valence-corrected chi connectivity index (χ4v) is 1.45. The highest BCUT2D eigenvalue weighted by Crippen LogP contribution is 2.20. The SMILES string of the molecule is CCNC(=O)NC(=O)C(C)Oc1ccc(F)cc1CO. The normalized spacial score (nSPS) is 11.6. The molecule has 3 N–H and O–H groups in total. The van der Waals surface area contributed by atoms with Gasteiger partial charge in [0.2, 0.25) is 0 Å². The lowest BCUT2D eigenvalue weighted by Crippen LogP contribution is -2.45. The Hall–Kier alpha value is -2.15. The van der Waals surface area contributed by atoms with Gasteiger partial charge in [0.05, 0.1) is 6.61 Å². The highest BCUT2D eigenvalue weighted by molar-refractivity contribution is 5.96. The number of carbonyl (C=O) groups excluding carboxylic acids is 2. The van der Waals surface area contributed by atoms with Gasteiger partial charge in [-0.15, -0.1) is 0 Å². The van der Waals surface area contributed by atoms with Crippen LogP contribution in [-0.4, -0.2) is 29.7 Å². The lowest BCUT2D eigenvalue weighted by molar-refractivity contribution is -0.126. The Morgan fingerprint density at radius 2 is 2.15 bits per heavy atom. The van der Waals surface area contributed by atoms with Crippen LogP contribution in [0.25, 0.3) is 0 Å². The summed E-state index contributed by atoms with van der Waals surface area (Å²) in [5.74, 6) is -0.961. The predicted molar refractivity (Wildman–Crippen MR) is 69.6 cm³/mol. The third-order valence-electron chi connectivity index (χ3n) is 2.44. The number of rotatable bonds is 5. The molecule has 110 valence electrons. The monoisotopic (exact) mass is 284 g/mol. The van der Waals surface area contributed by atoms with Gasteiger partial charge in [-0.2, -0.15) is 0 Å². The third-order valence-corrected chi connectivity index (χ3v) is 2.44. The quantitative estimate of drug-likeness (QED) is 0.750. The molecule has 0 radical (unpaired) electrons. The van der Waals surface area contributed by atoms with Crippen molar-refractivity contribution in [3.8, 4) is 5.75 Å². The minimum absolute atomic E-state index is 0.187. The molecule has 0 aromatic heterocycles. The summed E-state index contributed by atoms with van der Waals surface area (Å²) in [5, 5.41) is 13.6. The molecule has 1 unspecified atom stereocenters. The molecule has 1 rings (SSSR count). The molecule has 3 amide bonds. The van der Waals surface area contributed by atoms with E-state index in [4.69, 9.17) is 9.84 Å². The van der Waals surface area contributed by atoms with Crippen LogP contribution in [0, 0.1) is 5.82 Å². The molecule has 0 aliphatic carbocycles. The zero-order chi connectivity index (χ0) is 15.1. The standard InChI is InChI=1S/C13H17FN2O4/c1-3-15-13(19)16-12(18)8(2)20-11-5-4-10(14)6-9(11)7-17/h4-6,8,17H,3,7H2,1-2H3,(H2,15,16,18,19). The number of hydrogen-bond acceptors (Lipinski definition) is 4. The van der Waals surface area contributed by atoms with Crippen molar-refractivity contribution in [3.05, 3.63) is 29.6 Å². The second-order valence-electron chi connectivity index (χ2n) is 4.02. The number of halogens is 1. The number of amides is 3. The van der Waals surface area contributed by atoms with Crippen molar-refractivity contribution < 1.29 is 23.8 Å². The largest absolute Gasteiger partial charge is 0.481 e. The van der Waals surface area contributed by atoms with Gasteiger partial charge in [-0.1, -0.05) is 0 Å². The van der Waals surface area contributed by atoms with Crippen molar-refractivity contribution >= 4 is 11.9 Å². The van der Waals surface area contributed by atoms with Gasteiger partial charge in [-0.25, -0.2) is 9.18 Å². The van der Waals surface area contributed by atoms with E-state index in [1.165, 1.54) is 13.0 Å². The first kappa shape index (κ1) is 15.9. The van der Waals surface area contributed by atoms with Crippen LogP contribution in [0.2, 0.25) is 0 Å². The fraction of sp³-hybridized carbons (Fsp3) is 0.385. The first-order valence-electron chi connectivity index (χ1n) is 6.12. The smallest absolute Gasteiger partial charge is 0.321 e. The van der Waals surface area contributed by atoms with E-state index in [1.54, 1.807) is 6.92 Å². The lowest BCUT2D eigenvalue weighted by Gasteiger charge is -2.16. The first-order valence-corrected chi connectivity index (χ1v) is 6.12. The number of aliphatic hydroxyl groups excluding tert-OH is 1. The van der Waals surface area contributed by atoms with E-state index in [2.05, 4.69) is 10.6 Å². The number of urea groups is 1. The van der Waals surface area contributed by atoms with Gasteiger partial charge in [0.15, 0.2) is 6.10 Å². The molecule has 1 atom stereocenters. The van der Waals surface area contributed by atoms with Crippen molar-refractivity contribution in [1.82, 2.24) is 10.6 Å². The molecular formula is C13H17FN2O4. The van der Waals surface area contributed by atoms with Gasteiger partial charge in [-0.3, -0.25) is 10.1 Å². The average Bonchev–Trinajstić information content (AvgIpc) is 2.40. The molecule has 0 bridgehead atoms. The lowest BCUT2D eigenvalue weighted by atomic mass is 10.2. The minimum atomic E-state index is -0.964. The van der Waals surface area contributed by atoms with Crippen molar-refractivity contribution in [1.29, 1.82) is 0 Å². The van der Waals surface area contributed by atoms with E-state index in [0.717, 1.165) is 12.1 Å². The molecule has 1 aromatic rings. The molecule has 7 heteroatoms. The number of ether oxygens (including phenoxy) is 1. The van der Waals surface area contributed by atoms with Crippen molar-refractivity contribution in [3.63, 3.8) is 0 Å². The van der Waals surface area contributed by atoms with E-state index in [-0.39, 0.29) is 11.3 Å². The fourth-order valence-electron chi connectivity index (χ4n) is 1.45. The van der Waals surface area contributed by atoms with Gasteiger partial charge in [0.25, 0.3) is 5.91 Å². The molecular weight excluding hydrogens is 267 g/mol. The number of benzene rings is 1. The van der Waals surface area contributed by atoms with Crippen LogP contribution in [0.15, 0.2) is 18.2 Å². The van der Waals surface area contributed by atoms with Crippen LogP contribution < -0.4 is 15.4 Å². The highest BCUT2D eigenvalue weighted by atomic mass is 19.1. The molecule has 0 saturated heterocycles. The van der Waals surface area contributed by atoms with Crippen molar-refractivity contribution in [2.24, 2.45) is 0 Å². The molecule has 0 fully saturated rings. The predicted octanol–water partition coefficient (Wildman–Crippen LogP) is 0.931. The van der Waals surface area contributed by atoms with Gasteiger partial charge in [-0.05, 0) is 32.0 Å². The minimum Gasteiger partial charge on any atom is -0.481 e. The Morgan fingerprint density at radius 3 is 2.75 bits per heavy atom. The summed E-state index contributed by atoms with van der Waals surface area (Å²) in [5.41, 5.74) is 0.225. The summed E-state index contributed by atoms with van der Waals surface area (Å²) in [7, 11) is 0. The van der Waals surface area contributed by atoms with Gasteiger partial charge < -0.3 is 15.2 Å². The summed E-state index contributed by atoms with van der Waals surface area (Å²) < 4.78 is 18.3. The van der Waals surface area contributed by atoms with Crippen molar-refractivity contribution in [2.45, 2.75) is 26.6 Å². The molecule has 20 heavy (non-hydrogen) atoms. The highest BCUT2D eigenvalue weighted by Gasteiger charge is 2.18. The van der Waals surface area contributed by atoms with Crippen LogP contribution in [0.1, 0.15) is 19.4 Å². The van der Waals surface area contributed by atoms with E-state index >= 15 is 0 Å². The molecule has 0 aliphatic rings. The van der Waals surface area contributed by atoms with Gasteiger partial charge >= 0.3 is 6.03 Å². The second-order valence-corrected chi connectivity index (χ2v) is 4.02. The molecule has 0 heterocycles. The average molecular weight is 284 g/mol. The Balaban J connectivity index is 2.68. The van der Waals surface area contributed by atoms with E-state index in [9.17, 15) is 14.0 Å². The number of carbonyl (C=O) groups is 2. The molecule has 0 spiro atoms. The Morgan fingerprint density at radius 1 is 1.45 bits per heavy atom. The number of hydrogen-bond donors (Lipinski definition) is 3. The summed E-state index contributed by atoms with van der Waals surface area (Å²) in [6.07, 6.45) is -0.964. The summed E-state index contributed by atoms with van der Waals surface area (Å²) >= 11 is 0. The van der Waals surface area contributed by atoms with Crippen LogP contribution in [0.4, 0.5) is 9.18 Å². The maximum atomic E-state index is 13.0.